The second kappa shape index (κ2) is 10.4. The number of ether oxygens (including phenoxy) is 3. The van der Waals surface area contributed by atoms with Crippen molar-refractivity contribution in [1.29, 1.82) is 0 Å². The number of benzene rings is 2. The molecule has 1 aliphatic rings. The zero-order valence-corrected chi connectivity index (χ0v) is 17.8. The molecule has 0 aliphatic carbocycles. The number of anilines is 1. The van der Waals surface area contributed by atoms with Gasteiger partial charge in [-0.3, -0.25) is 9.59 Å². The van der Waals surface area contributed by atoms with Crippen molar-refractivity contribution in [1.82, 2.24) is 5.32 Å². The van der Waals surface area contributed by atoms with Crippen LogP contribution < -0.4 is 15.4 Å². The van der Waals surface area contributed by atoms with Crippen molar-refractivity contribution in [2.24, 2.45) is 5.92 Å². The van der Waals surface area contributed by atoms with E-state index in [0.29, 0.717) is 11.4 Å². The monoisotopic (exact) mass is 440 g/mol. The predicted molar refractivity (Wildman–Crippen MR) is 114 cm³/mol. The van der Waals surface area contributed by atoms with E-state index in [4.69, 9.17) is 14.2 Å². The molecule has 1 aliphatic heterocycles. The molecule has 2 aromatic rings. The molecule has 0 saturated carbocycles. The van der Waals surface area contributed by atoms with Crippen LogP contribution in [-0.4, -0.2) is 43.0 Å². The number of hydrogen-bond acceptors (Lipinski definition) is 7. The van der Waals surface area contributed by atoms with Gasteiger partial charge in [0.1, 0.15) is 18.4 Å². The fourth-order valence-electron chi connectivity index (χ4n) is 2.96. The second-order valence-corrected chi connectivity index (χ2v) is 7.51. The van der Waals surface area contributed by atoms with Crippen molar-refractivity contribution in [3.63, 3.8) is 0 Å². The van der Waals surface area contributed by atoms with Gasteiger partial charge >= 0.3 is 12.1 Å². The minimum atomic E-state index is -0.984. The third kappa shape index (κ3) is 6.07. The Labute approximate surface area is 185 Å². The van der Waals surface area contributed by atoms with Crippen molar-refractivity contribution in [2.75, 3.05) is 18.5 Å². The van der Waals surface area contributed by atoms with E-state index in [9.17, 15) is 19.2 Å². The minimum Gasteiger partial charge on any atom is -0.482 e. The summed E-state index contributed by atoms with van der Waals surface area (Å²) in [6.45, 7) is 2.92. The number of nitrogens with one attached hydrogen (secondary N) is 2. The lowest BCUT2D eigenvalue weighted by Gasteiger charge is -2.21. The standard InChI is InChI=1S/C23H24N2O7/c1-14(2)21(25-23(29)32-11-15-6-4-3-5-7-15)22(28)31-12-18(26)16-8-9-19-17(10-16)24-20(27)13-30-19/h3-10,14,21H,11-13H2,1-2H3,(H,24,27)(H,25,29). The van der Waals surface area contributed by atoms with E-state index in [1.54, 1.807) is 19.9 Å². The maximum atomic E-state index is 12.5. The highest BCUT2D eigenvalue weighted by molar-refractivity contribution is 6.02. The SMILES string of the molecule is CC(C)C(NC(=O)OCc1ccccc1)C(=O)OCC(=O)c1ccc2c(c1)NC(=O)CO2. The summed E-state index contributed by atoms with van der Waals surface area (Å²) >= 11 is 0. The van der Waals surface area contributed by atoms with Crippen LogP contribution >= 0.6 is 0 Å². The number of ketones is 1. The summed E-state index contributed by atoms with van der Waals surface area (Å²) < 4.78 is 15.5. The molecule has 0 radical (unpaired) electrons. The Hall–Kier alpha value is -3.88. The lowest BCUT2D eigenvalue weighted by molar-refractivity contribution is -0.146. The Bertz CT molecular complexity index is 1000. The van der Waals surface area contributed by atoms with Crippen LogP contribution in [0.1, 0.15) is 29.8 Å². The largest absolute Gasteiger partial charge is 0.482 e. The molecule has 0 spiro atoms. The van der Waals surface area contributed by atoms with Crippen LogP contribution in [0.3, 0.4) is 0 Å². The maximum absolute atomic E-state index is 12.5. The third-order valence-corrected chi connectivity index (χ3v) is 4.69. The summed E-state index contributed by atoms with van der Waals surface area (Å²) in [7, 11) is 0. The van der Waals surface area contributed by atoms with Crippen molar-refractivity contribution in [3.8, 4) is 5.75 Å². The Morgan fingerprint density at radius 3 is 2.56 bits per heavy atom. The molecule has 2 aromatic carbocycles. The molecule has 1 unspecified atom stereocenters. The fraction of sp³-hybridized carbons (Fsp3) is 0.304. The van der Waals surface area contributed by atoms with Gasteiger partial charge < -0.3 is 24.8 Å². The van der Waals surface area contributed by atoms with Crippen LogP contribution in [0.25, 0.3) is 0 Å². The zero-order chi connectivity index (χ0) is 23.1. The summed E-state index contributed by atoms with van der Waals surface area (Å²) in [6.07, 6.45) is -0.763. The van der Waals surface area contributed by atoms with Crippen LogP contribution in [0.5, 0.6) is 5.75 Å². The first-order valence-corrected chi connectivity index (χ1v) is 10.1. The zero-order valence-electron chi connectivity index (χ0n) is 17.8. The summed E-state index contributed by atoms with van der Waals surface area (Å²) in [5.41, 5.74) is 1.43. The smallest absolute Gasteiger partial charge is 0.408 e. The number of carbonyl (C=O) groups excluding carboxylic acids is 4. The van der Waals surface area contributed by atoms with Gasteiger partial charge in [-0.1, -0.05) is 44.2 Å². The highest BCUT2D eigenvalue weighted by atomic mass is 16.6. The molecule has 9 nitrogen and oxygen atoms in total. The van der Waals surface area contributed by atoms with Gasteiger partial charge in [-0.15, -0.1) is 0 Å². The number of fused-ring (bicyclic) bond motifs is 1. The lowest BCUT2D eigenvalue weighted by atomic mass is 10.1. The Morgan fingerprint density at radius 2 is 1.84 bits per heavy atom. The van der Waals surface area contributed by atoms with E-state index in [0.717, 1.165) is 5.56 Å². The van der Waals surface area contributed by atoms with Gasteiger partial charge in [0.15, 0.2) is 19.0 Å². The van der Waals surface area contributed by atoms with Crippen LogP contribution in [0, 0.1) is 5.92 Å². The molecule has 1 atom stereocenters. The fourth-order valence-corrected chi connectivity index (χ4v) is 2.96. The first kappa shape index (κ1) is 22.8. The molecule has 1 heterocycles. The van der Waals surface area contributed by atoms with E-state index in [2.05, 4.69) is 10.6 Å². The van der Waals surface area contributed by atoms with E-state index in [-0.39, 0.29) is 30.6 Å². The third-order valence-electron chi connectivity index (χ3n) is 4.69. The van der Waals surface area contributed by atoms with Crippen LogP contribution in [0.2, 0.25) is 0 Å². The topological polar surface area (TPSA) is 120 Å². The molecule has 0 saturated heterocycles. The highest BCUT2D eigenvalue weighted by Crippen LogP contribution is 2.28. The van der Waals surface area contributed by atoms with Gasteiger partial charge in [0, 0.05) is 5.56 Å². The first-order valence-electron chi connectivity index (χ1n) is 10.1. The molecule has 2 amide bonds. The van der Waals surface area contributed by atoms with Crippen molar-refractivity contribution < 1.29 is 33.4 Å². The molecular formula is C23H24N2O7. The van der Waals surface area contributed by atoms with Crippen LogP contribution in [0.4, 0.5) is 10.5 Å². The summed E-state index contributed by atoms with van der Waals surface area (Å²) in [5.74, 6) is -1.37. The van der Waals surface area contributed by atoms with Crippen LogP contribution in [0.15, 0.2) is 48.5 Å². The first-order chi connectivity index (χ1) is 15.3. The van der Waals surface area contributed by atoms with E-state index >= 15 is 0 Å². The second-order valence-electron chi connectivity index (χ2n) is 7.51. The van der Waals surface area contributed by atoms with Crippen molar-refractivity contribution in [2.45, 2.75) is 26.5 Å². The van der Waals surface area contributed by atoms with Gasteiger partial charge in [0.25, 0.3) is 5.91 Å². The van der Waals surface area contributed by atoms with E-state index < -0.39 is 30.5 Å². The quantitative estimate of drug-likeness (QED) is 0.478. The normalized spacial score (nSPS) is 13.3. The predicted octanol–water partition coefficient (Wildman–Crippen LogP) is 2.69. The molecule has 0 aromatic heterocycles. The molecule has 3 rings (SSSR count). The van der Waals surface area contributed by atoms with Crippen LogP contribution in [-0.2, 0) is 25.7 Å². The number of amides is 2. The van der Waals surface area contributed by atoms with Gasteiger partial charge in [-0.25, -0.2) is 9.59 Å². The number of carbonyl (C=O) groups is 4. The van der Waals surface area contributed by atoms with E-state index in [1.807, 2.05) is 30.3 Å². The van der Waals surface area contributed by atoms with Crippen molar-refractivity contribution >= 4 is 29.4 Å². The number of Topliss-reactive ketones (excluding diaryl/α,β-unsaturated/α-hetero) is 1. The summed E-state index contributed by atoms with van der Waals surface area (Å²) in [5, 5.41) is 5.10. The molecule has 2 N–H and O–H groups in total. The Balaban J connectivity index is 1.53. The van der Waals surface area contributed by atoms with Gasteiger partial charge in [0.05, 0.1) is 5.69 Å². The van der Waals surface area contributed by atoms with Gasteiger partial charge in [0.2, 0.25) is 0 Å². The molecule has 9 heteroatoms. The number of rotatable bonds is 8. The number of alkyl carbamates (subject to hydrolysis) is 1. The van der Waals surface area contributed by atoms with Gasteiger partial charge in [-0.2, -0.15) is 0 Å². The van der Waals surface area contributed by atoms with E-state index in [1.165, 1.54) is 12.1 Å². The average Bonchev–Trinajstić information content (AvgIpc) is 2.79. The Morgan fingerprint density at radius 1 is 1.09 bits per heavy atom. The van der Waals surface area contributed by atoms with Crippen molar-refractivity contribution in [3.05, 3.63) is 59.7 Å². The lowest BCUT2D eigenvalue weighted by Crippen LogP contribution is -2.45. The number of hydrogen-bond donors (Lipinski definition) is 2. The highest BCUT2D eigenvalue weighted by Gasteiger charge is 2.27. The molecule has 0 fully saturated rings. The average molecular weight is 440 g/mol. The Kier molecular flexibility index (Phi) is 7.43. The minimum absolute atomic E-state index is 0.0591. The number of esters is 1. The summed E-state index contributed by atoms with van der Waals surface area (Å²) in [6, 6.07) is 12.7. The molecule has 168 valence electrons. The summed E-state index contributed by atoms with van der Waals surface area (Å²) in [4.78, 5) is 48.5. The van der Waals surface area contributed by atoms with Gasteiger partial charge in [-0.05, 0) is 29.7 Å². The molecule has 32 heavy (non-hydrogen) atoms. The maximum Gasteiger partial charge on any atom is 0.408 e. The molecule has 0 bridgehead atoms. The molecular weight excluding hydrogens is 416 g/mol.